The van der Waals surface area contributed by atoms with Gasteiger partial charge in [0, 0.05) is 12.2 Å². The minimum Gasteiger partial charge on any atom is -0.370 e. The smallest absolute Gasteiger partial charge is 0.193 e. The third-order valence-corrected chi connectivity index (χ3v) is 4.59. The molecule has 0 atom stereocenters. The van der Waals surface area contributed by atoms with Crippen LogP contribution in [-0.4, -0.2) is 37.0 Å². The van der Waals surface area contributed by atoms with E-state index in [1.165, 1.54) is 44.5 Å². The van der Waals surface area contributed by atoms with Crippen molar-refractivity contribution in [3.05, 3.63) is 29.8 Å². The van der Waals surface area contributed by atoms with Crippen LogP contribution in [0.5, 0.6) is 0 Å². The van der Waals surface area contributed by atoms with E-state index >= 15 is 0 Å². The molecule has 0 saturated carbocycles. The molecule has 0 bridgehead atoms. The maximum Gasteiger partial charge on any atom is 0.193 e. The van der Waals surface area contributed by atoms with Crippen molar-refractivity contribution in [2.45, 2.75) is 46.0 Å². The van der Waals surface area contributed by atoms with E-state index in [9.17, 15) is 0 Å². The summed E-state index contributed by atoms with van der Waals surface area (Å²) < 4.78 is 0. The molecular formula is C19H32N4. The summed E-state index contributed by atoms with van der Waals surface area (Å²) in [6, 6.07) is 8.40. The molecule has 4 heteroatoms. The van der Waals surface area contributed by atoms with E-state index in [2.05, 4.69) is 54.2 Å². The Hall–Kier alpha value is -1.55. The highest BCUT2D eigenvalue weighted by atomic mass is 15.1. The lowest BCUT2D eigenvalue weighted by Crippen LogP contribution is -2.35. The summed E-state index contributed by atoms with van der Waals surface area (Å²) in [6.45, 7) is 11.1. The second kappa shape index (κ2) is 8.92. The molecule has 1 aliphatic heterocycles. The van der Waals surface area contributed by atoms with E-state index in [0.29, 0.717) is 17.8 Å². The van der Waals surface area contributed by atoms with E-state index < -0.39 is 0 Å². The molecule has 23 heavy (non-hydrogen) atoms. The molecule has 4 nitrogen and oxygen atoms in total. The lowest BCUT2D eigenvalue weighted by Gasteiger charge is -2.30. The fourth-order valence-electron chi connectivity index (χ4n) is 3.10. The number of hydrogen-bond donors (Lipinski definition) is 2. The Morgan fingerprint density at radius 3 is 2.74 bits per heavy atom. The van der Waals surface area contributed by atoms with Gasteiger partial charge in [-0.15, -0.1) is 0 Å². The molecule has 1 saturated heterocycles. The van der Waals surface area contributed by atoms with Gasteiger partial charge in [-0.2, -0.15) is 0 Å². The Balaban J connectivity index is 1.81. The molecule has 1 fully saturated rings. The summed E-state index contributed by atoms with van der Waals surface area (Å²) in [4.78, 5) is 7.11. The highest BCUT2D eigenvalue weighted by molar-refractivity contribution is 5.92. The van der Waals surface area contributed by atoms with Crippen LogP contribution in [0.2, 0.25) is 0 Å². The van der Waals surface area contributed by atoms with Gasteiger partial charge in [-0.05, 0) is 68.4 Å². The number of benzene rings is 1. The van der Waals surface area contributed by atoms with Crippen molar-refractivity contribution in [2.24, 2.45) is 16.6 Å². The van der Waals surface area contributed by atoms with Crippen LogP contribution < -0.4 is 11.1 Å². The quantitative estimate of drug-likeness (QED) is 0.622. The number of nitrogens with zero attached hydrogens (tertiary/aromatic N) is 2. The van der Waals surface area contributed by atoms with E-state index in [1.807, 2.05) is 6.07 Å². The Labute approximate surface area is 141 Å². The molecule has 1 aliphatic rings. The number of hydrogen-bond acceptors (Lipinski definition) is 2. The fraction of sp³-hybridized carbons (Fsp3) is 0.632. The first-order chi connectivity index (χ1) is 11.1. The first-order valence-electron chi connectivity index (χ1n) is 8.97. The van der Waals surface area contributed by atoms with Crippen LogP contribution >= 0.6 is 0 Å². The third kappa shape index (κ3) is 5.87. The van der Waals surface area contributed by atoms with E-state index in [0.717, 1.165) is 12.2 Å². The lowest BCUT2D eigenvalue weighted by molar-refractivity contribution is 0.188. The standard InChI is InChI=1S/C19H32N4/c1-4-10-23-11-8-16(9-12-23)14-21-19(20)22-18-7-5-6-17(13-18)15(2)3/h5-7,13,15-16H,4,8-12,14H2,1-3H3,(H3,20,21,22). The highest BCUT2D eigenvalue weighted by Crippen LogP contribution is 2.19. The van der Waals surface area contributed by atoms with Crippen molar-refractivity contribution >= 4 is 11.6 Å². The summed E-state index contributed by atoms with van der Waals surface area (Å²) in [6.07, 6.45) is 3.72. The summed E-state index contributed by atoms with van der Waals surface area (Å²) in [5.74, 6) is 1.72. The predicted molar refractivity (Wildman–Crippen MR) is 100 cm³/mol. The molecule has 1 aromatic rings. The van der Waals surface area contributed by atoms with Gasteiger partial charge < -0.3 is 16.0 Å². The van der Waals surface area contributed by atoms with Crippen LogP contribution in [0.1, 0.15) is 51.5 Å². The molecule has 128 valence electrons. The second-order valence-electron chi connectivity index (χ2n) is 6.92. The number of guanidine groups is 1. The van der Waals surface area contributed by atoms with Crippen LogP contribution in [0.15, 0.2) is 29.3 Å². The number of anilines is 1. The van der Waals surface area contributed by atoms with Gasteiger partial charge in [-0.3, -0.25) is 4.99 Å². The van der Waals surface area contributed by atoms with Gasteiger partial charge in [-0.25, -0.2) is 0 Å². The summed E-state index contributed by atoms with van der Waals surface area (Å²) >= 11 is 0. The largest absolute Gasteiger partial charge is 0.370 e. The minimum absolute atomic E-state index is 0.517. The lowest BCUT2D eigenvalue weighted by atomic mass is 9.97. The van der Waals surface area contributed by atoms with Gasteiger partial charge in [0.25, 0.3) is 0 Å². The highest BCUT2D eigenvalue weighted by Gasteiger charge is 2.18. The van der Waals surface area contributed by atoms with Crippen LogP contribution in [0.4, 0.5) is 5.69 Å². The number of nitrogens with two attached hydrogens (primary N) is 1. The van der Waals surface area contributed by atoms with Crippen molar-refractivity contribution < 1.29 is 0 Å². The van der Waals surface area contributed by atoms with Crippen LogP contribution in [0.25, 0.3) is 0 Å². The number of aliphatic imine (C=N–C) groups is 1. The Morgan fingerprint density at radius 2 is 2.09 bits per heavy atom. The second-order valence-corrected chi connectivity index (χ2v) is 6.92. The zero-order valence-electron chi connectivity index (χ0n) is 14.9. The first-order valence-corrected chi connectivity index (χ1v) is 8.97. The maximum atomic E-state index is 6.05. The van der Waals surface area contributed by atoms with E-state index in [4.69, 9.17) is 5.73 Å². The number of nitrogens with one attached hydrogen (secondary N) is 1. The summed E-state index contributed by atoms with van der Waals surface area (Å²) in [5.41, 5.74) is 8.39. The molecule has 1 aromatic carbocycles. The molecule has 0 aliphatic carbocycles. The average Bonchev–Trinajstić information content (AvgIpc) is 2.55. The summed E-state index contributed by atoms with van der Waals surface area (Å²) in [7, 11) is 0. The molecule has 2 rings (SSSR count). The third-order valence-electron chi connectivity index (χ3n) is 4.59. The Bertz CT molecular complexity index is 502. The Kier molecular flexibility index (Phi) is 6.90. The molecule has 0 spiro atoms. The SMILES string of the molecule is CCCN1CCC(CN=C(N)Nc2cccc(C(C)C)c2)CC1. The van der Waals surface area contributed by atoms with Gasteiger partial charge >= 0.3 is 0 Å². The fourth-order valence-corrected chi connectivity index (χ4v) is 3.10. The first kappa shape index (κ1) is 17.8. The number of rotatable bonds is 6. The number of likely N-dealkylation sites (tertiary alicyclic amines) is 1. The molecule has 0 unspecified atom stereocenters. The van der Waals surface area contributed by atoms with Gasteiger partial charge in [0.05, 0.1) is 0 Å². The van der Waals surface area contributed by atoms with Crippen molar-refractivity contribution in [3.63, 3.8) is 0 Å². The molecule has 1 heterocycles. The topological polar surface area (TPSA) is 53.6 Å². The molecule has 0 aromatic heterocycles. The zero-order chi connectivity index (χ0) is 16.7. The van der Waals surface area contributed by atoms with Crippen molar-refractivity contribution in [1.29, 1.82) is 0 Å². The van der Waals surface area contributed by atoms with Gasteiger partial charge in [-0.1, -0.05) is 32.9 Å². The molecule has 0 radical (unpaired) electrons. The Morgan fingerprint density at radius 1 is 1.35 bits per heavy atom. The van der Waals surface area contributed by atoms with E-state index in [1.54, 1.807) is 0 Å². The van der Waals surface area contributed by atoms with Gasteiger partial charge in [0.2, 0.25) is 0 Å². The van der Waals surface area contributed by atoms with Crippen molar-refractivity contribution in [3.8, 4) is 0 Å². The monoisotopic (exact) mass is 316 g/mol. The van der Waals surface area contributed by atoms with Crippen LogP contribution in [0.3, 0.4) is 0 Å². The maximum absolute atomic E-state index is 6.05. The van der Waals surface area contributed by atoms with Crippen LogP contribution in [0, 0.1) is 5.92 Å². The van der Waals surface area contributed by atoms with Gasteiger partial charge in [0.1, 0.15) is 0 Å². The zero-order valence-corrected chi connectivity index (χ0v) is 14.9. The predicted octanol–water partition coefficient (Wildman–Crippen LogP) is 3.66. The summed E-state index contributed by atoms with van der Waals surface area (Å²) in [5, 5.41) is 3.22. The molecule has 3 N–H and O–H groups in total. The van der Waals surface area contributed by atoms with Crippen LogP contribution in [-0.2, 0) is 0 Å². The van der Waals surface area contributed by atoms with E-state index in [-0.39, 0.29) is 0 Å². The molecular weight excluding hydrogens is 284 g/mol. The normalized spacial score (nSPS) is 17.7. The van der Waals surface area contributed by atoms with Crippen molar-refractivity contribution in [1.82, 2.24) is 4.90 Å². The minimum atomic E-state index is 0.517. The van der Waals surface area contributed by atoms with Gasteiger partial charge in [0.15, 0.2) is 5.96 Å². The average molecular weight is 316 g/mol. The molecule has 0 amide bonds. The van der Waals surface area contributed by atoms with Crippen molar-refractivity contribution in [2.75, 3.05) is 31.5 Å². The number of piperidine rings is 1.